The SMILES string of the molecule is Cn1cnnc1SC[C@H]1C[C@@H](c2ccc(CO)cc2)O[C@@H](c2ccc(-c3ccccc3CNC(=O)CCCC(=O)Nc3ccccc3N)cc2)O1. The fraction of sp³-hybridized carbons (Fsp3) is 0.282. The van der Waals surface area contributed by atoms with Crippen molar-refractivity contribution >= 4 is 35.0 Å². The summed E-state index contributed by atoms with van der Waals surface area (Å²) in [5, 5.41) is 24.3. The molecular formula is C39H42N6O5S. The number of para-hydroxylation sites is 2. The largest absolute Gasteiger partial charge is 0.397 e. The highest BCUT2D eigenvalue weighted by atomic mass is 32.2. The first-order valence-electron chi connectivity index (χ1n) is 16.9. The van der Waals surface area contributed by atoms with Gasteiger partial charge >= 0.3 is 0 Å². The number of benzene rings is 4. The lowest BCUT2D eigenvalue weighted by Crippen LogP contribution is -2.31. The Kier molecular flexibility index (Phi) is 12.1. The van der Waals surface area contributed by atoms with Gasteiger partial charge < -0.3 is 35.5 Å². The van der Waals surface area contributed by atoms with E-state index < -0.39 is 6.29 Å². The second-order valence-corrected chi connectivity index (χ2v) is 13.4. The van der Waals surface area contributed by atoms with E-state index in [9.17, 15) is 14.7 Å². The van der Waals surface area contributed by atoms with Crippen molar-refractivity contribution in [3.8, 4) is 11.1 Å². The molecule has 5 N–H and O–H groups in total. The molecule has 0 bridgehead atoms. The number of nitrogen functional groups attached to an aromatic ring is 1. The summed E-state index contributed by atoms with van der Waals surface area (Å²) >= 11 is 1.60. The first kappa shape index (κ1) is 35.8. The third-order valence-electron chi connectivity index (χ3n) is 8.71. The number of aliphatic hydroxyl groups excluding tert-OH is 1. The Morgan fingerprint density at radius 2 is 1.65 bits per heavy atom. The van der Waals surface area contributed by atoms with E-state index in [1.54, 1.807) is 42.4 Å². The number of aryl methyl sites for hydroxylation is 1. The second kappa shape index (κ2) is 17.3. The number of carbonyl (C=O) groups excluding carboxylic acids is 2. The number of nitrogens with one attached hydrogen (secondary N) is 2. The number of aliphatic hydroxyl groups is 1. The molecule has 0 aliphatic carbocycles. The number of ether oxygens (including phenoxy) is 2. The molecule has 0 saturated carbocycles. The quantitative estimate of drug-likeness (QED) is 0.0768. The predicted molar refractivity (Wildman–Crippen MR) is 197 cm³/mol. The normalized spacial score (nSPS) is 17.2. The monoisotopic (exact) mass is 706 g/mol. The number of hydrogen-bond donors (Lipinski definition) is 4. The Morgan fingerprint density at radius 3 is 2.39 bits per heavy atom. The van der Waals surface area contributed by atoms with Gasteiger partial charge in [-0.2, -0.15) is 0 Å². The van der Waals surface area contributed by atoms with Gasteiger partial charge in [-0.3, -0.25) is 9.59 Å². The van der Waals surface area contributed by atoms with Gasteiger partial charge in [0.15, 0.2) is 11.4 Å². The van der Waals surface area contributed by atoms with Crippen molar-refractivity contribution < 1.29 is 24.2 Å². The van der Waals surface area contributed by atoms with Crippen molar-refractivity contribution in [1.82, 2.24) is 20.1 Å². The van der Waals surface area contributed by atoms with Gasteiger partial charge in [-0.15, -0.1) is 10.2 Å². The van der Waals surface area contributed by atoms with E-state index >= 15 is 0 Å². The number of hydrogen-bond acceptors (Lipinski definition) is 9. The molecule has 2 heterocycles. The van der Waals surface area contributed by atoms with Crippen LogP contribution in [0.25, 0.3) is 11.1 Å². The standard InChI is InChI=1S/C39H42N6O5S/c1-45-25-42-44-39(45)51-24-31-21-35(28-15-13-26(23-46)14-16-28)50-38(49-31)29-19-17-27(18-20-29)32-8-3-2-7-30(32)22-41-36(47)11-6-12-37(48)43-34-10-5-4-9-33(34)40/h2-5,7-10,13-20,25,31,35,38,46H,6,11-12,21-24,40H2,1H3,(H,41,47)(H,43,48)/t31-,35+,38+/m1/s1. The summed E-state index contributed by atoms with van der Waals surface area (Å²) in [4.78, 5) is 25.0. The fourth-order valence-electron chi connectivity index (χ4n) is 5.88. The molecule has 51 heavy (non-hydrogen) atoms. The van der Waals surface area contributed by atoms with Crippen LogP contribution in [-0.2, 0) is 39.3 Å². The van der Waals surface area contributed by atoms with E-state index in [0.29, 0.717) is 36.5 Å². The summed E-state index contributed by atoms with van der Waals surface area (Å²) < 4.78 is 14.9. The number of rotatable bonds is 14. The molecule has 264 valence electrons. The van der Waals surface area contributed by atoms with Crippen LogP contribution in [-0.4, -0.2) is 43.5 Å². The topological polar surface area (TPSA) is 154 Å². The average Bonchev–Trinajstić information content (AvgIpc) is 3.58. The molecule has 1 fully saturated rings. The van der Waals surface area contributed by atoms with Crippen molar-refractivity contribution in [1.29, 1.82) is 0 Å². The van der Waals surface area contributed by atoms with Gasteiger partial charge in [0.1, 0.15) is 6.33 Å². The first-order chi connectivity index (χ1) is 24.9. The Balaban J connectivity index is 1.07. The fourth-order valence-corrected chi connectivity index (χ4v) is 6.79. The number of aromatic nitrogens is 3. The first-order valence-corrected chi connectivity index (χ1v) is 17.9. The van der Waals surface area contributed by atoms with Crippen LogP contribution in [0.15, 0.2) is 109 Å². The van der Waals surface area contributed by atoms with Crippen LogP contribution in [0.2, 0.25) is 0 Å². The lowest BCUT2D eigenvalue weighted by atomic mass is 9.97. The molecular weight excluding hydrogens is 665 g/mol. The zero-order valence-corrected chi connectivity index (χ0v) is 29.2. The minimum atomic E-state index is -0.581. The van der Waals surface area contributed by atoms with Gasteiger partial charge in [0.2, 0.25) is 11.8 Å². The molecule has 6 rings (SSSR count). The van der Waals surface area contributed by atoms with Gasteiger partial charge in [0.05, 0.1) is 30.2 Å². The third kappa shape index (κ3) is 9.62. The maximum atomic E-state index is 12.7. The zero-order chi connectivity index (χ0) is 35.6. The molecule has 1 aliphatic heterocycles. The van der Waals surface area contributed by atoms with Crippen molar-refractivity contribution in [2.45, 2.75) is 62.5 Å². The van der Waals surface area contributed by atoms with E-state index in [4.69, 9.17) is 15.2 Å². The highest BCUT2D eigenvalue weighted by molar-refractivity contribution is 7.99. The second-order valence-electron chi connectivity index (χ2n) is 12.4. The van der Waals surface area contributed by atoms with Crippen molar-refractivity contribution in [2.24, 2.45) is 7.05 Å². The molecule has 1 saturated heterocycles. The van der Waals surface area contributed by atoms with E-state index in [2.05, 4.69) is 20.8 Å². The molecule has 12 heteroatoms. The molecule has 11 nitrogen and oxygen atoms in total. The van der Waals surface area contributed by atoms with Gasteiger partial charge in [-0.05, 0) is 46.4 Å². The summed E-state index contributed by atoms with van der Waals surface area (Å²) in [6.07, 6.45) is 2.36. The zero-order valence-electron chi connectivity index (χ0n) is 28.4. The van der Waals surface area contributed by atoms with Crippen molar-refractivity contribution in [3.63, 3.8) is 0 Å². The van der Waals surface area contributed by atoms with E-state index in [-0.39, 0.29) is 43.5 Å². The summed E-state index contributed by atoms with van der Waals surface area (Å²) in [6, 6.07) is 31.0. The molecule has 2 amide bonds. The summed E-state index contributed by atoms with van der Waals surface area (Å²) in [6.45, 7) is 0.350. The lowest BCUT2D eigenvalue weighted by Gasteiger charge is -2.36. The van der Waals surface area contributed by atoms with Crippen LogP contribution in [0.3, 0.4) is 0 Å². The molecule has 0 radical (unpaired) electrons. The number of nitrogens with two attached hydrogens (primary N) is 1. The predicted octanol–water partition coefficient (Wildman–Crippen LogP) is 6.32. The van der Waals surface area contributed by atoms with Crippen molar-refractivity contribution in [3.05, 3.63) is 126 Å². The maximum Gasteiger partial charge on any atom is 0.224 e. The van der Waals surface area contributed by atoms with Crippen LogP contribution in [0.5, 0.6) is 0 Å². The van der Waals surface area contributed by atoms with Crippen LogP contribution >= 0.6 is 11.8 Å². The van der Waals surface area contributed by atoms with E-state index in [1.165, 1.54) is 0 Å². The number of thioether (sulfide) groups is 1. The molecule has 0 unspecified atom stereocenters. The molecule has 3 atom stereocenters. The average molecular weight is 707 g/mol. The summed E-state index contributed by atoms with van der Waals surface area (Å²) in [7, 11) is 1.92. The number of amides is 2. The molecule has 4 aromatic carbocycles. The smallest absolute Gasteiger partial charge is 0.224 e. The van der Waals surface area contributed by atoms with Gasteiger partial charge in [0, 0.05) is 44.2 Å². The third-order valence-corrected chi connectivity index (χ3v) is 9.88. The minimum absolute atomic E-state index is 0.0113. The van der Waals surface area contributed by atoms with E-state index in [0.717, 1.165) is 38.5 Å². The van der Waals surface area contributed by atoms with Crippen LogP contribution < -0.4 is 16.4 Å². The Morgan fingerprint density at radius 1 is 0.922 bits per heavy atom. The number of carbonyl (C=O) groups is 2. The Labute approximate surface area is 301 Å². The van der Waals surface area contributed by atoms with Crippen LogP contribution in [0.1, 0.15) is 60.3 Å². The molecule has 1 aliphatic rings. The molecule has 0 spiro atoms. The Hall–Kier alpha value is -5.01. The summed E-state index contributed by atoms with van der Waals surface area (Å²) in [5.74, 6) is 0.387. The number of anilines is 2. The number of nitrogens with zero attached hydrogens (tertiary/aromatic N) is 3. The van der Waals surface area contributed by atoms with E-state index in [1.807, 2.05) is 84.4 Å². The highest BCUT2D eigenvalue weighted by Gasteiger charge is 2.32. The minimum Gasteiger partial charge on any atom is -0.397 e. The Bertz CT molecular complexity index is 1920. The lowest BCUT2D eigenvalue weighted by molar-refractivity contribution is -0.245. The van der Waals surface area contributed by atoms with Gasteiger partial charge in [-0.25, -0.2) is 0 Å². The van der Waals surface area contributed by atoms with Crippen molar-refractivity contribution in [2.75, 3.05) is 16.8 Å². The van der Waals surface area contributed by atoms with Crippen LogP contribution in [0, 0.1) is 0 Å². The molecule has 1 aromatic heterocycles. The highest BCUT2D eigenvalue weighted by Crippen LogP contribution is 2.40. The molecule has 5 aromatic rings. The maximum absolute atomic E-state index is 12.7. The van der Waals surface area contributed by atoms with Gasteiger partial charge in [0.25, 0.3) is 0 Å². The van der Waals surface area contributed by atoms with Gasteiger partial charge in [-0.1, -0.05) is 96.7 Å². The summed E-state index contributed by atoms with van der Waals surface area (Å²) in [5.41, 5.74) is 12.7. The van der Waals surface area contributed by atoms with Crippen LogP contribution in [0.4, 0.5) is 11.4 Å².